The third-order valence-corrected chi connectivity index (χ3v) is 5.82. The molecule has 2 aromatic rings. The van der Waals surface area contributed by atoms with Crippen LogP contribution in [0.2, 0.25) is 0 Å². The summed E-state index contributed by atoms with van der Waals surface area (Å²) in [7, 11) is 3.46. The summed E-state index contributed by atoms with van der Waals surface area (Å²) in [5, 5.41) is 5.75. The highest BCUT2D eigenvalue weighted by atomic mass is 32.1. The molecule has 1 aliphatic heterocycles. The van der Waals surface area contributed by atoms with Crippen molar-refractivity contribution in [3.63, 3.8) is 0 Å². The molecule has 1 aliphatic rings. The summed E-state index contributed by atoms with van der Waals surface area (Å²) in [6.45, 7) is 5.56. The van der Waals surface area contributed by atoms with Gasteiger partial charge in [-0.15, -0.1) is 11.3 Å². The van der Waals surface area contributed by atoms with Gasteiger partial charge in [0.15, 0.2) is 11.5 Å². The van der Waals surface area contributed by atoms with Gasteiger partial charge in [0.1, 0.15) is 6.61 Å². The molecule has 0 radical (unpaired) electrons. The van der Waals surface area contributed by atoms with Crippen LogP contribution in [-0.4, -0.2) is 51.4 Å². The maximum Gasteiger partial charge on any atom is 0.161 e. The summed E-state index contributed by atoms with van der Waals surface area (Å²) in [5.41, 5.74) is 1.22. The number of thiophene rings is 1. The highest BCUT2D eigenvalue weighted by Gasteiger charge is 2.18. The van der Waals surface area contributed by atoms with Crippen molar-refractivity contribution in [2.24, 2.45) is 0 Å². The molecule has 0 amide bonds. The fourth-order valence-electron chi connectivity index (χ4n) is 3.33. The van der Waals surface area contributed by atoms with Crippen molar-refractivity contribution < 1.29 is 14.2 Å². The number of benzene rings is 1. The van der Waals surface area contributed by atoms with Crippen LogP contribution in [0.4, 0.5) is 0 Å². The van der Waals surface area contributed by atoms with Gasteiger partial charge in [0.05, 0.1) is 13.7 Å². The monoisotopic (exact) mass is 390 g/mol. The van der Waals surface area contributed by atoms with Crippen molar-refractivity contribution in [3.8, 4) is 11.5 Å². The molecule has 0 saturated carbocycles. The second kappa shape index (κ2) is 10.7. The van der Waals surface area contributed by atoms with E-state index in [0.29, 0.717) is 12.6 Å². The lowest BCUT2D eigenvalue weighted by molar-refractivity contribution is 0.126. The van der Waals surface area contributed by atoms with E-state index in [1.165, 1.54) is 23.3 Å². The first kappa shape index (κ1) is 20.1. The Morgan fingerprint density at radius 3 is 2.70 bits per heavy atom. The van der Waals surface area contributed by atoms with Crippen LogP contribution in [0.3, 0.4) is 0 Å². The molecule has 1 fully saturated rings. The van der Waals surface area contributed by atoms with E-state index >= 15 is 0 Å². The van der Waals surface area contributed by atoms with Gasteiger partial charge < -0.3 is 24.4 Å². The standard InChI is InChI=1S/C21H30N2O3S/c1-24-12-11-23-9-7-18(8-10-23)22-15-17-5-6-20(21(14-17)25-2)26-16-19-4-3-13-27-19/h3-6,13-14,18,22H,7-12,15-16H2,1-2H3. The average molecular weight is 391 g/mol. The fraction of sp³-hybridized carbons (Fsp3) is 0.524. The third kappa shape index (κ3) is 6.21. The molecule has 27 heavy (non-hydrogen) atoms. The Kier molecular flexibility index (Phi) is 7.95. The molecule has 1 saturated heterocycles. The molecule has 1 N–H and O–H groups in total. The van der Waals surface area contributed by atoms with Gasteiger partial charge in [0.2, 0.25) is 0 Å². The summed E-state index contributed by atoms with van der Waals surface area (Å²) >= 11 is 1.70. The lowest BCUT2D eigenvalue weighted by Crippen LogP contribution is -2.43. The van der Waals surface area contributed by atoms with Crippen molar-refractivity contribution in [3.05, 3.63) is 46.2 Å². The van der Waals surface area contributed by atoms with E-state index in [4.69, 9.17) is 14.2 Å². The number of likely N-dealkylation sites (tertiary alicyclic amines) is 1. The number of nitrogens with zero attached hydrogens (tertiary/aromatic N) is 1. The predicted molar refractivity (Wildman–Crippen MR) is 110 cm³/mol. The largest absolute Gasteiger partial charge is 0.493 e. The van der Waals surface area contributed by atoms with Gasteiger partial charge in [-0.25, -0.2) is 0 Å². The van der Waals surface area contributed by atoms with Gasteiger partial charge in [-0.05, 0) is 55.1 Å². The number of hydrogen-bond acceptors (Lipinski definition) is 6. The Labute approximate surface area is 166 Å². The van der Waals surface area contributed by atoms with Crippen molar-refractivity contribution in [2.75, 3.05) is 40.5 Å². The molecular formula is C21H30N2O3S. The zero-order chi connectivity index (χ0) is 18.9. The van der Waals surface area contributed by atoms with E-state index in [1.54, 1.807) is 25.6 Å². The average Bonchev–Trinajstić information content (AvgIpc) is 3.24. The Morgan fingerprint density at radius 1 is 1.15 bits per heavy atom. The molecule has 0 bridgehead atoms. The molecule has 5 nitrogen and oxygen atoms in total. The molecule has 1 aromatic carbocycles. The second-order valence-corrected chi connectivity index (χ2v) is 7.88. The van der Waals surface area contributed by atoms with Gasteiger partial charge in [0, 0.05) is 31.1 Å². The van der Waals surface area contributed by atoms with Crippen molar-refractivity contribution in [1.29, 1.82) is 0 Å². The number of piperidine rings is 1. The highest BCUT2D eigenvalue weighted by Crippen LogP contribution is 2.29. The zero-order valence-corrected chi connectivity index (χ0v) is 17.1. The van der Waals surface area contributed by atoms with E-state index in [-0.39, 0.29) is 0 Å². The minimum Gasteiger partial charge on any atom is -0.493 e. The highest BCUT2D eigenvalue weighted by molar-refractivity contribution is 7.09. The number of rotatable bonds is 10. The number of nitrogens with one attached hydrogen (secondary N) is 1. The molecular weight excluding hydrogens is 360 g/mol. The summed E-state index contributed by atoms with van der Waals surface area (Å²) in [6.07, 6.45) is 2.37. The van der Waals surface area contributed by atoms with Gasteiger partial charge in [-0.3, -0.25) is 0 Å². The van der Waals surface area contributed by atoms with E-state index in [1.807, 2.05) is 12.1 Å². The van der Waals surface area contributed by atoms with Crippen molar-refractivity contribution in [1.82, 2.24) is 10.2 Å². The Balaban J connectivity index is 1.46. The van der Waals surface area contributed by atoms with Crippen LogP contribution in [0.1, 0.15) is 23.3 Å². The van der Waals surface area contributed by atoms with E-state index in [2.05, 4.69) is 33.8 Å². The maximum absolute atomic E-state index is 5.92. The maximum atomic E-state index is 5.92. The van der Waals surface area contributed by atoms with Gasteiger partial charge in [-0.1, -0.05) is 12.1 Å². The SMILES string of the molecule is COCCN1CCC(NCc2ccc(OCc3cccs3)c(OC)c2)CC1. The van der Waals surface area contributed by atoms with Gasteiger partial charge >= 0.3 is 0 Å². The summed E-state index contributed by atoms with van der Waals surface area (Å²) in [5.74, 6) is 1.58. The smallest absolute Gasteiger partial charge is 0.161 e. The summed E-state index contributed by atoms with van der Waals surface area (Å²) in [4.78, 5) is 3.68. The van der Waals surface area contributed by atoms with Crippen molar-refractivity contribution >= 4 is 11.3 Å². The molecule has 1 aromatic heterocycles. The molecule has 0 atom stereocenters. The quantitative estimate of drug-likeness (QED) is 0.672. The minimum atomic E-state index is 0.574. The zero-order valence-electron chi connectivity index (χ0n) is 16.3. The van der Waals surface area contributed by atoms with E-state index in [9.17, 15) is 0 Å². The Morgan fingerprint density at radius 2 is 2.00 bits per heavy atom. The van der Waals surface area contributed by atoms with Crippen LogP contribution in [0, 0.1) is 0 Å². The van der Waals surface area contributed by atoms with Crippen LogP contribution in [0.15, 0.2) is 35.7 Å². The minimum absolute atomic E-state index is 0.574. The van der Waals surface area contributed by atoms with Crippen LogP contribution >= 0.6 is 11.3 Å². The topological polar surface area (TPSA) is 43.0 Å². The molecule has 6 heteroatoms. The first-order chi connectivity index (χ1) is 13.3. The summed E-state index contributed by atoms with van der Waals surface area (Å²) < 4.78 is 16.6. The second-order valence-electron chi connectivity index (χ2n) is 6.84. The molecule has 148 valence electrons. The molecule has 0 aliphatic carbocycles. The lowest BCUT2D eigenvalue weighted by Gasteiger charge is -2.32. The number of hydrogen-bond donors (Lipinski definition) is 1. The number of ether oxygens (including phenoxy) is 3. The predicted octanol–water partition coefficient (Wildman–Crippen LogP) is 3.54. The first-order valence-corrected chi connectivity index (χ1v) is 10.4. The van der Waals surface area contributed by atoms with Crippen molar-refractivity contribution in [2.45, 2.75) is 32.0 Å². The van der Waals surface area contributed by atoms with E-state index in [0.717, 1.165) is 44.3 Å². The summed E-state index contributed by atoms with van der Waals surface area (Å²) in [6, 6.07) is 10.9. The fourth-order valence-corrected chi connectivity index (χ4v) is 3.94. The normalized spacial score (nSPS) is 15.8. The van der Waals surface area contributed by atoms with Crippen LogP contribution in [0.5, 0.6) is 11.5 Å². The molecule has 3 rings (SSSR count). The number of methoxy groups -OCH3 is 2. The molecule has 2 heterocycles. The van der Waals surface area contributed by atoms with Gasteiger partial charge in [0.25, 0.3) is 0 Å². The molecule has 0 spiro atoms. The Bertz CT molecular complexity index is 670. The van der Waals surface area contributed by atoms with E-state index < -0.39 is 0 Å². The molecule has 0 unspecified atom stereocenters. The lowest BCUT2D eigenvalue weighted by atomic mass is 10.0. The first-order valence-electron chi connectivity index (χ1n) is 9.55. The van der Waals surface area contributed by atoms with Gasteiger partial charge in [-0.2, -0.15) is 0 Å². The van der Waals surface area contributed by atoms with Crippen LogP contribution < -0.4 is 14.8 Å². The van der Waals surface area contributed by atoms with Crippen LogP contribution in [0.25, 0.3) is 0 Å². The van der Waals surface area contributed by atoms with Crippen LogP contribution in [-0.2, 0) is 17.9 Å². The Hall–Kier alpha value is -1.60. The third-order valence-electron chi connectivity index (χ3n) is 4.97.